The summed E-state index contributed by atoms with van der Waals surface area (Å²) in [6.07, 6.45) is 12.4. The van der Waals surface area contributed by atoms with Crippen molar-refractivity contribution < 1.29 is 9.53 Å². The lowest BCUT2D eigenvalue weighted by Crippen LogP contribution is -2.36. The Labute approximate surface area is 213 Å². The van der Waals surface area contributed by atoms with Gasteiger partial charge in [0, 0.05) is 25.1 Å². The van der Waals surface area contributed by atoms with E-state index in [0.29, 0.717) is 19.1 Å². The summed E-state index contributed by atoms with van der Waals surface area (Å²) < 4.78 is 8.14. The quantitative estimate of drug-likeness (QED) is 0.334. The van der Waals surface area contributed by atoms with Crippen LogP contribution in [0.3, 0.4) is 0 Å². The standard InChI is InChI=1S/C29H37N5O2/c35-29-19-16-24-22-26(17-18-27(24)33(29)20-9-12-23-10-3-1-4-11-23)36-21-8-7-15-28-30-31-32-34(28)25-13-5-2-6-14-25/h1,3-4,10-11,17-18,22,25H,2,5-9,12-16,19-21H2. The van der Waals surface area contributed by atoms with Crippen molar-refractivity contribution in [1.82, 2.24) is 20.2 Å². The van der Waals surface area contributed by atoms with Crippen LogP contribution < -0.4 is 9.64 Å². The van der Waals surface area contributed by atoms with Crippen LogP contribution in [0.25, 0.3) is 0 Å². The summed E-state index contributed by atoms with van der Waals surface area (Å²) in [4.78, 5) is 14.6. The first-order chi connectivity index (χ1) is 17.8. The molecule has 2 heterocycles. The van der Waals surface area contributed by atoms with Crippen LogP contribution in [0.5, 0.6) is 5.75 Å². The number of rotatable bonds is 11. The van der Waals surface area contributed by atoms with Crippen LogP contribution in [0, 0.1) is 0 Å². The summed E-state index contributed by atoms with van der Waals surface area (Å²) in [5.41, 5.74) is 3.57. The second-order valence-corrected chi connectivity index (χ2v) is 10.1. The fourth-order valence-corrected chi connectivity index (χ4v) is 5.52. The average Bonchev–Trinajstić information content (AvgIpc) is 3.39. The molecule has 7 nitrogen and oxygen atoms in total. The molecule has 0 radical (unpaired) electrons. The number of carbonyl (C=O) groups is 1. The third-order valence-electron chi connectivity index (χ3n) is 7.49. The number of fused-ring (bicyclic) bond motifs is 1. The SMILES string of the molecule is O=C1CCc2cc(OCCCCc3nnnn3C3CCCCC3)ccc2N1CCCc1ccccc1. The number of benzene rings is 2. The summed E-state index contributed by atoms with van der Waals surface area (Å²) in [6, 6.07) is 17.1. The van der Waals surface area contributed by atoms with Crippen molar-refractivity contribution in [3.63, 3.8) is 0 Å². The van der Waals surface area contributed by atoms with E-state index in [2.05, 4.69) is 56.6 Å². The summed E-state index contributed by atoms with van der Waals surface area (Å²) in [6.45, 7) is 1.42. The maximum atomic E-state index is 12.6. The summed E-state index contributed by atoms with van der Waals surface area (Å²) in [5, 5.41) is 12.5. The number of anilines is 1. The van der Waals surface area contributed by atoms with E-state index in [-0.39, 0.29) is 5.91 Å². The lowest BCUT2D eigenvalue weighted by molar-refractivity contribution is -0.118. The number of aromatic nitrogens is 4. The first kappa shape index (κ1) is 24.5. The van der Waals surface area contributed by atoms with Crippen molar-refractivity contribution in [2.24, 2.45) is 0 Å². The van der Waals surface area contributed by atoms with Crippen LogP contribution in [0.4, 0.5) is 5.69 Å². The number of carbonyl (C=O) groups excluding carboxylic acids is 1. The zero-order valence-corrected chi connectivity index (χ0v) is 21.1. The van der Waals surface area contributed by atoms with Crippen LogP contribution >= 0.6 is 0 Å². The van der Waals surface area contributed by atoms with Gasteiger partial charge in [0.05, 0.1) is 12.6 Å². The van der Waals surface area contributed by atoms with Gasteiger partial charge in [-0.05, 0) is 84.7 Å². The zero-order valence-electron chi connectivity index (χ0n) is 21.1. The Kier molecular flexibility index (Phi) is 8.26. The van der Waals surface area contributed by atoms with Gasteiger partial charge in [-0.25, -0.2) is 4.68 Å². The molecule has 2 aromatic carbocycles. The molecule has 1 aliphatic carbocycles. The first-order valence-corrected chi connectivity index (χ1v) is 13.6. The fourth-order valence-electron chi connectivity index (χ4n) is 5.52. The smallest absolute Gasteiger partial charge is 0.227 e. The summed E-state index contributed by atoms with van der Waals surface area (Å²) in [5.74, 6) is 2.12. The first-order valence-electron chi connectivity index (χ1n) is 13.6. The summed E-state index contributed by atoms with van der Waals surface area (Å²) >= 11 is 0. The molecule has 5 rings (SSSR count). The Bertz CT molecular complexity index is 1120. The largest absolute Gasteiger partial charge is 0.494 e. The molecule has 3 aromatic rings. The Morgan fingerprint density at radius 2 is 1.78 bits per heavy atom. The molecule has 0 saturated heterocycles. The van der Waals surface area contributed by atoms with Crippen LogP contribution in [0.2, 0.25) is 0 Å². The van der Waals surface area contributed by atoms with Crippen LogP contribution in [-0.4, -0.2) is 39.3 Å². The Morgan fingerprint density at radius 1 is 0.917 bits per heavy atom. The van der Waals surface area contributed by atoms with E-state index in [0.717, 1.165) is 62.3 Å². The Morgan fingerprint density at radius 3 is 2.64 bits per heavy atom. The van der Waals surface area contributed by atoms with E-state index in [4.69, 9.17) is 4.74 Å². The molecule has 1 amide bonds. The predicted octanol–water partition coefficient (Wildman–Crippen LogP) is 5.49. The number of hydrogen-bond donors (Lipinski definition) is 0. The number of ether oxygens (including phenoxy) is 1. The van der Waals surface area contributed by atoms with Gasteiger partial charge >= 0.3 is 0 Å². The molecule has 0 unspecified atom stereocenters. The minimum atomic E-state index is 0.222. The van der Waals surface area contributed by atoms with E-state index in [1.165, 1.54) is 43.2 Å². The van der Waals surface area contributed by atoms with E-state index < -0.39 is 0 Å². The minimum Gasteiger partial charge on any atom is -0.494 e. The number of nitrogens with zero attached hydrogens (tertiary/aromatic N) is 5. The normalized spacial score (nSPS) is 16.2. The van der Waals surface area contributed by atoms with Gasteiger partial charge in [0.15, 0.2) is 5.82 Å². The van der Waals surface area contributed by atoms with Crippen molar-refractivity contribution in [3.05, 3.63) is 65.5 Å². The number of tetrazole rings is 1. The van der Waals surface area contributed by atoms with E-state index in [1.807, 2.05) is 17.0 Å². The predicted molar refractivity (Wildman–Crippen MR) is 140 cm³/mol. The molecule has 0 N–H and O–H groups in total. The van der Waals surface area contributed by atoms with Gasteiger partial charge in [0.2, 0.25) is 5.91 Å². The van der Waals surface area contributed by atoms with Gasteiger partial charge < -0.3 is 9.64 Å². The lowest BCUT2D eigenvalue weighted by atomic mass is 9.95. The van der Waals surface area contributed by atoms with Crippen molar-refractivity contribution in [1.29, 1.82) is 0 Å². The highest BCUT2D eigenvalue weighted by atomic mass is 16.5. The Hall–Kier alpha value is -3.22. The van der Waals surface area contributed by atoms with Gasteiger partial charge in [-0.3, -0.25) is 4.79 Å². The monoisotopic (exact) mass is 487 g/mol. The van der Waals surface area contributed by atoms with E-state index >= 15 is 0 Å². The van der Waals surface area contributed by atoms with Gasteiger partial charge in [0.1, 0.15) is 5.75 Å². The van der Waals surface area contributed by atoms with E-state index in [1.54, 1.807) is 0 Å². The van der Waals surface area contributed by atoms with Crippen molar-refractivity contribution in [2.75, 3.05) is 18.1 Å². The zero-order chi connectivity index (χ0) is 24.6. The van der Waals surface area contributed by atoms with Gasteiger partial charge in [-0.1, -0.05) is 49.6 Å². The molecule has 0 bridgehead atoms. The molecule has 7 heteroatoms. The van der Waals surface area contributed by atoms with E-state index in [9.17, 15) is 4.79 Å². The number of amides is 1. The van der Waals surface area contributed by atoms with Crippen molar-refractivity contribution in [2.45, 2.75) is 83.1 Å². The van der Waals surface area contributed by atoms with Crippen LogP contribution in [0.15, 0.2) is 48.5 Å². The summed E-state index contributed by atoms with van der Waals surface area (Å²) in [7, 11) is 0. The molecule has 36 heavy (non-hydrogen) atoms. The topological polar surface area (TPSA) is 73.1 Å². The molecule has 0 spiro atoms. The fraction of sp³-hybridized carbons (Fsp3) is 0.517. The third kappa shape index (κ3) is 6.12. The minimum absolute atomic E-state index is 0.222. The van der Waals surface area contributed by atoms with Gasteiger partial charge in [0.25, 0.3) is 0 Å². The highest BCUT2D eigenvalue weighted by molar-refractivity contribution is 5.96. The molecule has 1 aliphatic heterocycles. The van der Waals surface area contributed by atoms with Crippen molar-refractivity contribution >= 4 is 11.6 Å². The molecule has 190 valence electrons. The molecule has 1 aromatic heterocycles. The second-order valence-electron chi connectivity index (χ2n) is 10.1. The van der Waals surface area contributed by atoms with Crippen LogP contribution in [0.1, 0.15) is 80.8 Å². The molecule has 1 saturated carbocycles. The highest BCUT2D eigenvalue weighted by Gasteiger charge is 2.24. The maximum Gasteiger partial charge on any atom is 0.227 e. The molecule has 2 aliphatic rings. The molecular formula is C29H37N5O2. The van der Waals surface area contributed by atoms with Gasteiger partial charge in [-0.15, -0.1) is 5.10 Å². The molecular weight excluding hydrogens is 450 g/mol. The lowest BCUT2D eigenvalue weighted by Gasteiger charge is -2.30. The second kappa shape index (κ2) is 12.2. The number of aryl methyl sites for hydroxylation is 3. The average molecular weight is 488 g/mol. The number of unbranched alkanes of at least 4 members (excludes halogenated alkanes) is 1. The van der Waals surface area contributed by atoms with Crippen molar-refractivity contribution in [3.8, 4) is 5.75 Å². The third-order valence-corrected chi connectivity index (χ3v) is 7.49. The van der Waals surface area contributed by atoms with Gasteiger partial charge in [-0.2, -0.15) is 0 Å². The Balaban J connectivity index is 1.09. The number of hydrogen-bond acceptors (Lipinski definition) is 5. The molecule has 0 atom stereocenters. The highest BCUT2D eigenvalue weighted by Crippen LogP contribution is 2.32. The maximum absolute atomic E-state index is 12.6. The molecule has 1 fully saturated rings. The van der Waals surface area contributed by atoms with Crippen LogP contribution in [-0.2, 0) is 24.1 Å².